The summed E-state index contributed by atoms with van der Waals surface area (Å²) in [5, 5.41) is 21.3. The van der Waals surface area contributed by atoms with Gasteiger partial charge < -0.3 is 9.88 Å². The number of halogens is 3. The zero-order chi connectivity index (χ0) is 29.0. The predicted molar refractivity (Wildman–Crippen MR) is 154 cm³/mol. The summed E-state index contributed by atoms with van der Waals surface area (Å²) in [7, 11) is 0. The van der Waals surface area contributed by atoms with Crippen molar-refractivity contribution in [3.63, 3.8) is 0 Å². The number of anilines is 1. The first kappa shape index (κ1) is 28.4. The number of hydrogen-bond acceptors (Lipinski definition) is 5. The molecule has 0 unspecified atom stereocenters. The Kier molecular flexibility index (Phi) is 8.45. The highest BCUT2D eigenvalue weighted by Gasteiger charge is 2.26. The fourth-order valence-electron chi connectivity index (χ4n) is 5.62. The summed E-state index contributed by atoms with van der Waals surface area (Å²) in [5.41, 5.74) is 7.46. The SMILES string of the molecule is C=Cc1cc(NC2CCN(Cc3ccc4c(cc(C#N)n4Cc4cn[nH]c4)c3C)CC2)c(CCCC(F)(F)F)cn1. The van der Waals surface area contributed by atoms with Gasteiger partial charge in [0.25, 0.3) is 0 Å². The molecule has 0 atom stereocenters. The van der Waals surface area contributed by atoms with E-state index in [1.807, 2.05) is 22.9 Å². The van der Waals surface area contributed by atoms with Gasteiger partial charge in [0, 0.05) is 66.6 Å². The lowest BCUT2D eigenvalue weighted by molar-refractivity contribution is -0.135. The Bertz CT molecular complexity index is 1540. The lowest BCUT2D eigenvalue weighted by Crippen LogP contribution is -2.39. The highest BCUT2D eigenvalue weighted by Crippen LogP contribution is 2.29. The van der Waals surface area contributed by atoms with Crippen molar-refractivity contribution in [2.45, 2.75) is 64.3 Å². The van der Waals surface area contributed by atoms with Gasteiger partial charge >= 0.3 is 6.18 Å². The monoisotopic (exact) mass is 561 g/mol. The van der Waals surface area contributed by atoms with Crippen molar-refractivity contribution < 1.29 is 13.2 Å². The van der Waals surface area contributed by atoms with Crippen molar-refractivity contribution >= 4 is 22.7 Å². The van der Waals surface area contributed by atoms with E-state index in [1.165, 1.54) is 11.1 Å². The molecule has 214 valence electrons. The molecule has 0 saturated carbocycles. The Morgan fingerprint density at radius 1 is 1.17 bits per heavy atom. The van der Waals surface area contributed by atoms with Crippen LogP contribution in [-0.2, 0) is 19.5 Å². The molecular formula is C31H34F3N7. The predicted octanol–water partition coefficient (Wildman–Crippen LogP) is 6.59. The van der Waals surface area contributed by atoms with Crippen LogP contribution in [0.4, 0.5) is 18.9 Å². The quantitative estimate of drug-likeness (QED) is 0.228. The molecule has 1 saturated heterocycles. The van der Waals surface area contributed by atoms with Crippen LogP contribution in [0.3, 0.4) is 0 Å². The molecule has 2 N–H and O–H groups in total. The Hall–Kier alpha value is -4.10. The number of nitrogens with zero attached hydrogens (tertiary/aromatic N) is 5. The van der Waals surface area contributed by atoms with E-state index in [0.29, 0.717) is 24.4 Å². The average molecular weight is 562 g/mol. The largest absolute Gasteiger partial charge is 0.389 e. The standard InChI is InChI=1S/C31H34F3N7/c1-3-25-13-29(23(18-36-25)5-4-10-31(32,33)34)39-26-8-11-40(12-9-26)20-24-6-7-30-28(21(24)2)14-27(15-35)41(30)19-22-16-37-38-17-22/h3,6-7,13-14,16-18,26H,1,4-5,8-12,19-20H2,2H3,(H,36,39)(H,37,38). The summed E-state index contributed by atoms with van der Waals surface area (Å²) in [5.74, 6) is 0. The lowest BCUT2D eigenvalue weighted by atomic mass is 10.00. The molecule has 4 aromatic rings. The van der Waals surface area contributed by atoms with Crippen molar-refractivity contribution in [1.82, 2.24) is 24.6 Å². The normalized spacial score (nSPS) is 14.8. The summed E-state index contributed by atoms with van der Waals surface area (Å²) >= 11 is 0. The van der Waals surface area contributed by atoms with Crippen molar-refractivity contribution in [2.75, 3.05) is 18.4 Å². The Balaban J connectivity index is 1.23. The first-order valence-corrected chi connectivity index (χ1v) is 13.9. The minimum Gasteiger partial charge on any atom is -0.382 e. The van der Waals surface area contributed by atoms with Gasteiger partial charge in [0.2, 0.25) is 0 Å². The maximum absolute atomic E-state index is 12.7. The van der Waals surface area contributed by atoms with E-state index in [1.54, 1.807) is 18.5 Å². The molecule has 1 aliphatic heterocycles. The minimum absolute atomic E-state index is 0.0397. The molecule has 1 aromatic carbocycles. The second kappa shape index (κ2) is 12.2. The zero-order valence-corrected chi connectivity index (χ0v) is 23.1. The number of benzene rings is 1. The number of nitriles is 1. The number of H-pyrrole nitrogens is 1. The second-order valence-corrected chi connectivity index (χ2v) is 10.8. The van der Waals surface area contributed by atoms with E-state index < -0.39 is 12.6 Å². The van der Waals surface area contributed by atoms with Crippen LogP contribution in [0.1, 0.15) is 59.3 Å². The fraction of sp³-hybridized carbons (Fsp3) is 0.387. The first-order chi connectivity index (χ1) is 19.7. The molecule has 3 aromatic heterocycles. The van der Waals surface area contributed by atoms with Crippen LogP contribution in [0.15, 0.2) is 49.4 Å². The molecule has 5 rings (SSSR count). The number of pyridine rings is 1. The maximum atomic E-state index is 12.7. The first-order valence-electron chi connectivity index (χ1n) is 13.9. The van der Waals surface area contributed by atoms with Crippen LogP contribution in [0.25, 0.3) is 17.0 Å². The molecule has 41 heavy (non-hydrogen) atoms. The fourth-order valence-corrected chi connectivity index (χ4v) is 5.62. The van der Waals surface area contributed by atoms with Crippen molar-refractivity contribution in [3.05, 3.63) is 83.1 Å². The average Bonchev–Trinajstić information content (AvgIpc) is 3.60. The number of piperidine rings is 1. The van der Waals surface area contributed by atoms with Gasteiger partial charge in [-0.3, -0.25) is 15.0 Å². The number of alkyl halides is 3. The molecule has 0 aliphatic carbocycles. The summed E-state index contributed by atoms with van der Waals surface area (Å²) in [6.45, 7) is 9.11. The number of nitrogens with one attached hydrogen (secondary N) is 2. The van der Waals surface area contributed by atoms with Crippen LogP contribution < -0.4 is 5.32 Å². The van der Waals surface area contributed by atoms with Gasteiger partial charge in [-0.2, -0.15) is 23.5 Å². The van der Waals surface area contributed by atoms with Crippen molar-refractivity contribution in [1.29, 1.82) is 5.26 Å². The van der Waals surface area contributed by atoms with Gasteiger partial charge in [0.15, 0.2) is 0 Å². The third-order valence-corrected chi connectivity index (χ3v) is 7.94. The van der Waals surface area contributed by atoms with Crippen LogP contribution in [-0.4, -0.2) is 50.0 Å². The Morgan fingerprint density at radius 3 is 2.66 bits per heavy atom. The summed E-state index contributed by atoms with van der Waals surface area (Å²) in [4.78, 5) is 6.75. The molecule has 7 nitrogen and oxygen atoms in total. The molecule has 0 amide bonds. The summed E-state index contributed by atoms with van der Waals surface area (Å²) in [6.07, 6.45) is 4.20. The van der Waals surface area contributed by atoms with Gasteiger partial charge in [0.05, 0.1) is 18.4 Å². The number of hydrogen-bond donors (Lipinski definition) is 2. The summed E-state index contributed by atoms with van der Waals surface area (Å²) in [6, 6.07) is 10.7. The second-order valence-electron chi connectivity index (χ2n) is 10.8. The number of fused-ring (bicyclic) bond motifs is 1. The molecule has 4 heterocycles. The van der Waals surface area contributed by atoms with E-state index >= 15 is 0 Å². The van der Waals surface area contributed by atoms with Crippen LogP contribution >= 0.6 is 0 Å². The number of aromatic amines is 1. The third-order valence-electron chi connectivity index (χ3n) is 7.94. The number of aryl methyl sites for hydroxylation is 2. The highest BCUT2D eigenvalue weighted by atomic mass is 19.4. The molecule has 0 radical (unpaired) electrons. The van der Waals surface area contributed by atoms with Crippen molar-refractivity contribution in [2.24, 2.45) is 0 Å². The van der Waals surface area contributed by atoms with Gasteiger partial charge in [-0.1, -0.05) is 12.6 Å². The number of aromatic nitrogens is 4. The highest BCUT2D eigenvalue weighted by molar-refractivity contribution is 5.86. The number of likely N-dealkylation sites (tertiary alicyclic amines) is 1. The topological polar surface area (TPSA) is 85.6 Å². The third kappa shape index (κ3) is 6.80. The molecular weight excluding hydrogens is 527 g/mol. The van der Waals surface area contributed by atoms with E-state index in [0.717, 1.165) is 60.2 Å². The molecule has 10 heteroatoms. The van der Waals surface area contributed by atoms with Gasteiger partial charge in [-0.05, 0) is 73.6 Å². The number of rotatable bonds is 10. The summed E-state index contributed by atoms with van der Waals surface area (Å²) < 4.78 is 40.1. The van der Waals surface area contributed by atoms with Crippen LogP contribution in [0.2, 0.25) is 0 Å². The zero-order valence-electron chi connectivity index (χ0n) is 23.1. The van der Waals surface area contributed by atoms with Crippen LogP contribution in [0.5, 0.6) is 0 Å². The van der Waals surface area contributed by atoms with Gasteiger partial charge in [-0.15, -0.1) is 0 Å². The maximum Gasteiger partial charge on any atom is 0.389 e. The lowest BCUT2D eigenvalue weighted by Gasteiger charge is -2.33. The van der Waals surface area contributed by atoms with Crippen molar-refractivity contribution in [3.8, 4) is 6.07 Å². The molecule has 1 fully saturated rings. The van der Waals surface area contributed by atoms with Gasteiger partial charge in [0.1, 0.15) is 11.8 Å². The molecule has 1 aliphatic rings. The van der Waals surface area contributed by atoms with E-state index in [-0.39, 0.29) is 12.5 Å². The van der Waals surface area contributed by atoms with Gasteiger partial charge in [-0.25, -0.2) is 0 Å². The van der Waals surface area contributed by atoms with E-state index in [4.69, 9.17) is 0 Å². The molecule has 0 bridgehead atoms. The Morgan fingerprint density at radius 2 is 1.98 bits per heavy atom. The Labute approximate surface area is 237 Å². The van der Waals surface area contributed by atoms with E-state index in [9.17, 15) is 18.4 Å². The minimum atomic E-state index is -4.15. The smallest absolute Gasteiger partial charge is 0.382 e. The van der Waals surface area contributed by atoms with Crippen LogP contribution in [0, 0.1) is 18.3 Å². The van der Waals surface area contributed by atoms with E-state index in [2.05, 4.69) is 57.1 Å². The molecule has 0 spiro atoms.